The van der Waals surface area contributed by atoms with Crippen molar-refractivity contribution in [3.05, 3.63) is 65.7 Å². The summed E-state index contributed by atoms with van der Waals surface area (Å²) in [6.45, 7) is 1.000. The lowest BCUT2D eigenvalue weighted by atomic mass is 9.88. The van der Waals surface area contributed by atoms with Crippen LogP contribution >= 0.6 is 0 Å². The number of aromatic nitrogens is 1. The summed E-state index contributed by atoms with van der Waals surface area (Å²) in [5.41, 5.74) is 1.44. The number of hydrogen-bond acceptors (Lipinski definition) is 4. The van der Waals surface area contributed by atoms with Gasteiger partial charge in [0.05, 0.1) is 6.10 Å². The van der Waals surface area contributed by atoms with Gasteiger partial charge in [-0.05, 0) is 24.5 Å². The van der Waals surface area contributed by atoms with E-state index in [4.69, 9.17) is 4.74 Å². The van der Waals surface area contributed by atoms with E-state index < -0.39 is 5.95 Å². The number of amides is 2. The molecule has 0 bridgehead atoms. The summed E-state index contributed by atoms with van der Waals surface area (Å²) in [6.07, 6.45) is 2.53. The molecule has 6 nitrogen and oxygen atoms in total. The number of halogens is 1. The first kappa shape index (κ1) is 20.9. The number of rotatable bonds is 6. The first-order valence-corrected chi connectivity index (χ1v) is 9.70. The Balaban J connectivity index is 1.72. The van der Waals surface area contributed by atoms with Gasteiger partial charge in [0.1, 0.15) is 6.61 Å². The van der Waals surface area contributed by atoms with Crippen LogP contribution in [0.3, 0.4) is 0 Å². The minimum atomic E-state index is -0.669. The van der Waals surface area contributed by atoms with E-state index in [0.29, 0.717) is 19.5 Å². The van der Waals surface area contributed by atoms with E-state index in [1.807, 2.05) is 30.3 Å². The number of piperidine rings is 1. The summed E-state index contributed by atoms with van der Waals surface area (Å²) in [4.78, 5) is 31.5. The standard InChI is InChI=1S/C22H26FN3O3/c1-25(2)21(27)15-29-19-9-11-26(22(28)17-8-10-24-20(23)13-17)14-18(19)12-16-6-4-3-5-7-16/h3-8,10,13,18-19H,9,11-12,14-15H2,1-2H3/t18-,19-/m1/s1. The fraction of sp³-hybridized carbons (Fsp3) is 0.409. The zero-order chi connectivity index (χ0) is 20.8. The van der Waals surface area contributed by atoms with Crippen molar-refractivity contribution in [1.29, 1.82) is 0 Å². The number of likely N-dealkylation sites (N-methyl/N-ethyl adjacent to an activating group) is 1. The van der Waals surface area contributed by atoms with Crippen molar-refractivity contribution < 1.29 is 18.7 Å². The molecule has 1 aromatic carbocycles. The summed E-state index contributed by atoms with van der Waals surface area (Å²) in [5.74, 6) is -0.935. The molecule has 0 radical (unpaired) electrons. The maximum Gasteiger partial charge on any atom is 0.254 e. The van der Waals surface area contributed by atoms with Crippen molar-refractivity contribution in [1.82, 2.24) is 14.8 Å². The first-order valence-electron chi connectivity index (χ1n) is 9.70. The molecule has 0 spiro atoms. The molecule has 0 N–H and O–H groups in total. The summed E-state index contributed by atoms with van der Waals surface area (Å²) in [6, 6.07) is 12.7. The number of carbonyl (C=O) groups excluding carboxylic acids is 2. The van der Waals surface area contributed by atoms with E-state index in [9.17, 15) is 14.0 Å². The number of hydrogen-bond donors (Lipinski definition) is 0. The lowest BCUT2D eigenvalue weighted by molar-refractivity contribution is -0.138. The van der Waals surface area contributed by atoms with Gasteiger partial charge in [-0.1, -0.05) is 30.3 Å². The van der Waals surface area contributed by atoms with E-state index in [1.165, 1.54) is 17.2 Å². The molecule has 0 aliphatic carbocycles. The molecule has 3 rings (SSSR count). The molecule has 2 atom stereocenters. The minimum absolute atomic E-state index is 0.0203. The van der Waals surface area contributed by atoms with Gasteiger partial charge in [-0.3, -0.25) is 9.59 Å². The third kappa shape index (κ3) is 5.60. The molecule has 1 aromatic heterocycles. The van der Waals surface area contributed by atoms with Crippen LogP contribution in [0.4, 0.5) is 4.39 Å². The molecule has 1 aliphatic heterocycles. The van der Waals surface area contributed by atoms with Crippen molar-refractivity contribution in [2.45, 2.75) is 18.9 Å². The van der Waals surface area contributed by atoms with Gasteiger partial charge >= 0.3 is 0 Å². The molecule has 7 heteroatoms. The number of carbonyl (C=O) groups is 2. The lowest BCUT2D eigenvalue weighted by Gasteiger charge is -2.38. The largest absolute Gasteiger partial charge is 0.368 e. The fourth-order valence-corrected chi connectivity index (χ4v) is 3.55. The lowest BCUT2D eigenvalue weighted by Crippen LogP contribution is -2.48. The van der Waals surface area contributed by atoms with E-state index in [-0.39, 0.29) is 36.0 Å². The highest BCUT2D eigenvalue weighted by Crippen LogP contribution is 2.25. The SMILES string of the molecule is CN(C)C(=O)CO[C@@H]1CCN(C(=O)c2ccnc(F)c2)C[C@H]1Cc1ccccc1. The molecule has 0 unspecified atom stereocenters. The van der Waals surface area contributed by atoms with Gasteiger partial charge in [0.25, 0.3) is 5.91 Å². The maximum atomic E-state index is 13.4. The van der Waals surface area contributed by atoms with Gasteiger partial charge in [-0.2, -0.15) is 4.39 Å². The van der Waals surface area contributed by atoms with Crippen molar-refractivity contribution in [2.24, 2.45) is 5.92 Å². The van der Waals surface area contributed by atoms with E-state index in [1.54, 1.807) is 19.0 Å². The second kappa shape index (κ2) is 9.60. The molecular weight excluding hydrogens is 373 g/mol. The Morgan fingerprint density at radius 3 is 2.69 bits per heavy atom. The summed E-state index contributed by atoms with van der Waals surface area (Å²) in [5, 5.41) is 0. The third-order valence-electron chi connectivity index (χ3n) is 5.19. The molecule has 1 saturated heterocycles. The van der Waals surface area contributed by atoms with Crippen LogP contribution in [0.5, 0.6) is 0 Å². The van der Waals surface area contributed by atoms with Gasteiger partial charge in [-0.25, -0.2) is 4.98 Å². The van der Waals surface area contributed by atoms with Gasteiger partial charge in [0.15, 0.2) is 0 Å². The highest BCUT2D eigenvalue weighted by atomic mass is 19.1. The predicted octanol–water partition coefficient (Wildman–Crippen LogP) is 2.40. The Bertz CT molecular complexity index is 844. The molecule has 1 aliphatic rings. The van der Waals surface area contributed by atoms with Crippen molar-refractivity contribution in [3.8, 4) is 0 Å². The van der Waals surface area contributed by atoms with Crippen LogP contribution in [-0.2, 0) is 16.0 Å². The Labute approximate surface area is 170 Å². The normalized spacial score (nSPS) is 19.1. The minimum Gasteiger partial charge on any atom is -0.368 e. The average Bonchev–Trinajstić information content (AvgIpc) is 2.72. The second-order valence-electron chi connectivity index (χ2n) is 7.49. The Morgan fingerprint density at radius 1 is 1.24 bits per heavy atom. The fourth-order valence-electron chi connectivity index (χ4n) is 3.55. The van der Waals surface area contributed by atoms with Crippen LogP contribution in [0, 0.1) is 11.9 Å². The molecule has 154 valence electrons. The number of nitrogens with zero attached hydrogens (tertiary/aromatic N) is 3. The Kier molecular flexibility index (Phi) is 6.93. The van der Waals surface area contributed by atoms with Gasteiger partial charge in [0.2, 0.25) is 11.9 Å². The Morgan fingerprint density at radius 2 is 2.00 bits per heavy atom. The summed E-state index contributed by atoms with van der Waals surface area (Å²) in [7, 11) is 3.39. The smallest absolute Gasteiger partial charge is 0.254 e. The zero-order valence-corrected chi connectivity index (χ0v) is 16.8. The third-order valence-corrected chi connectivity index (χ3v) is 5.19. The second-order valence-corrected chi connectivity index (χ2v) is 7.49. The van der Waals surface area contributed by atoms with Crippen LogP contribution in [0.15, 0.2) is 48.7 Å². The van der Waals surface area contributed by atoms with Crippen LogP contribution in [0.1, 0.15) is 22.3 Å². The molecule has 0 saturated carbocycles. The maximum absolute atomic E-state index is 13.4. The van der Waals surface area contributed by atoms with Crippen LogP contribution < -0.4 is 0 Å². The number of pyridine rings is 1. The summed E-state index contributed by atoms with van der Waals surface area (Å²) >= 11 is 0. The molecule has 29 heavy (non-hydrogen) atoms. The number of ether oxygens (including phenoxy) is 1. The Hall–Kier alpha value is -2.80. The van der Waals surface area contributed by atoms with Gasteiger partial charge in [0, 0.05) is 50.9 Å². The van der Waals surface area contributed by atoms with Crippen LogP contribution in [0.2, 0.25) is 0 Å². The van der Waals surface area contributed by atoms with Gasteiger partial charge in [-0.15, -0.1) is 0 Å². The predicted molar refractivity (Wildman–Crippen MR) is 107 cm³/mol. The van der Waals surface area contributed by atoms with E-state index in [0.717, 1.165) is 18.1 Å². The quantitative estimate of drug-likeness (QED) is 0.700. The highest BCUT2D eigenvalue weighted by molar-refractivity contribution is 5.94. The van der Waals surface area contributed by atoms with Crippen LogP contribution in [-0.4, -0.2) is 66.5 Å². The van der Waals surface area contributed by atoms with Crippen molar-refractivity contribution >= 4 is 11.8 Å². The van der Waals surface area contributed by atoms with Crippen molar-refractivity contribution in [3.63, 3.8) is 0 Å². The molecule has 1 fully saturated rings. The monoisotopic (exact) mass is 399 g/mol. The number of likely N-dealkylation sites (tertiary alicyclic amines) is 1. The average molecular weight is 399 g/mol. The van der Waals surface area contributed by atoms with E-state index >= 15 is 0 Å². The molecule has 2 aromatic rings. The first-order chi connectivity index (χ1) is 13.9. The number of benzene rings is 1. The zero-order valence-electron chi connectivity index (χ0n) is 16.8. The van der Waals surface area contributed by atoms with E-state index in [2.05, 4.69) is 4.98 Å². The topological polar surface area (TPSA) is 62.7 Å². The van der Waals surface area contributed by atoms with Crippen molar-refractivity contribution in [2.75, 3.05) is 33.8 Å². The summed E-state index contributed by atoms with van der Waals surface area (Å²) < 4.78 is 19.4. The molecule has 2 heterocycles. The molecule has 2 amide bonds. The highest BCUT2D eigenvalue weighted by Gasteiger charge is 2.33. The van der Waals surface area contributed by atoms with Crippen LogP contribution in [0.25, 0.3) is 0 Å². The molecular formula is C22H26FN3O3. The van der Waals surface area contributed by atoms with Gasteiger partial charge < -0.3 is 14.5 Å².